The average molecular weight is 278 g/mol. The maximum Gasteiger partial charge on any atom is 0.0948 e. The minimum atomic E-state index is 0.0442. The van der Waals surface area contributed by atoms with Crippen LogP contribution in [0.1, 0.15) is 56.7 Å². The van der Waals surface area contributed by atoms with E-state index in [1.54, 1.807) is 0 Å². The molecular weight excluding hydrogens is 252 g/mol. The first-order valence-electron chi connectivity index (χ1n) is 7.06. The number of thiocarbonyl (C=S) groups is 1. The second-order valence-electron chi connectivity index (χ2n) is 5.46. The van der Waals surface area contributed by atoms with Gasteiger partial charge in [-0.3, -0.25) is 4.90 Å². The number of hydrogen-bond donors (Lipinski definition) is 1. The van der Waals surface area contributed by atoms with Gasteiger partial charge in [0.05, 0.1) is 11.0 Å². The Morgan fingerprint density at radius 2 is 1.74 bits per heavy atom. The first-order chi connectivity index (χ1) is 8.97. The average Bonchev–Trinajstić information content (AvgIpc) is 2.36. The number of hydrogen-bond acceptors (Lipinski definition) is 2. The van der Waals surface area contributed by atoms with Gasteiger partial charge in [0.2, 0.25) is 0 Å². The van der Waals surface area contributed by atoms with Gasteiger partial charge in [0.25, 0.3) is 0 Å². The van der Waals surface area contributed by atoms with Crippen molar-refractivity contribution in [2.75, 3.05) is 13.6 Å². The number of benzene rings is 1. The van der Waals surface area contributed by atoms with Gasteiger partial charge in [-0.15, -0.1) is 0 Å². The summed E-state index contributed by atoms with van der Waals surface area (Å²) in [5, 5.41) is 0. The van der Waals surface area contributed by atoms with Crippen LogP contribution in [0.4, 0.5) is 0 Å². The van der Waals surface area contributed by atoms with Gasteiger partial charge in [-0.2, -0.15) is 0 Å². The summed E-state index contributed by atoms with van der Waals surface area (Å²) in [6.07, 6.45) is 2.35. The number of nitrogens with two attached hydrogens (primary N) is 1. The molecule has 1 atom stereocenters. The summed E-state index contributed by atoms with van der Waals surface area (Å²) in [7, 11) is 2.09. The van der Waals surface area contributed by atoms with Crippen LogP contribution in [0.2, 0.25) is 0 Å². The quantitative estimate of drug-likeness (QED) is 0.768. The standard InChI is InChI=1S/C16H26N2S/c1-5-6-11-18(4)15(16(17)19)14-9-7-13(8-10-14)12(2)3/h7-10,12,15H,5-6,11H2,1-4H3,(H2,17,19). The molecule has 0 aliphatic rings. The van der Waals surface area contributed by atoms with Crippen molar-refractivity contribution in [3.05, 3.63) is 35.4 Å². The van der Waals surface area contributed by atoms with Crippen LogP contribution in [-0.4, -0.2) is 23.5 Å². The van der Waals surface area contributed by atoms with Crippen molar-refractivity contribution >= 4 is 17.2 Å². The second kappa shape index (κ2) is 7.61. The molecule has 0 heterocycles. The summed E-state index contributed by atoms with van der Waals surface area (Å²) < 4.78 is 0. The van der Waals surface area contributed by atoms with Crippen molar-refractivity contribution in [3.8, 4) is 0 Å². The molecule has 0 saturated heterocycles. The molecule has 106 valence electrons. The summed E-state index contributed by atoms with van der Waals surface area (Å²) in [6, 6.07) is 8.71. The van der Waals surface area contributed by atoms with Crippen molar-refractivity contribution in [3.63, 3.8) is 0 Å². The largest absolute Gasteiger partial charge is 0.392 e. The molecule has 19 heavy (non-hydrogen) atoms. The van der Waals surface area contributed by atoms with Crippen LogP contribution in [-0.2, 0) is 0 Å². The van der Waals surface area contributed by atoms with E-state index in [1.807, 2.05) is 0 Å². The third kappa shape index (κ3) is 4.59. The van der Waals surface area contributed by atoms with Crippen LogP contribution in [0.15, 0.2) is 24.3 Å². The van der Waals surface area contributed by atoms with E-state index in [0.29, 0.717) is 10.9 Å². The van der Waals surface area contributed by atoms with Crippen LogP contribution in [0.3, 0.4) is 0 Å². The lowest BCUT2D eigenvalue weighted by Crippen LogP contribution is -2.34. The molecule has 2 nitrogen and oxygen atoms in total. The van der Waals surface area contributed by atoms with Gasteiger partial charge in [0, 0.05) is 0 Å². The Kier molecular flexibility index (Phi) is 6.46. The van der Waals surface area contributed by atoms with E-state index in [0.717, 1.165) is 6.54 Å². The minimum absolute atomic E-state index is 0.0442. The highest BCUT2D eigenvalue weighted by molar-refractivity contribution is 7.80. The van der Waals surface area contributed by atoms with E-state index >= 15 is 0 Å². The van der Waals surface area contributed by atoms with Crippen LogP contribution in [0.25, 0.3) is 0 Å². The Balaban J connectivity index is 2.89. The summed E-state index contributed by atoms with van der Waals surface area (Å²) in [4.78, 5) is 2.80. The Hall–Kier alpha value is -0.930. The van der Waals surface area contributed by atoms with E-state index in [1.165, 1.54) is 24.0 Å². The molecule has 0 saturated carbocycles. The molecule has 0 amide bonds. The maximum absolute atomic E-state index is 5.93. The van der Waals surface area contributed by atoms with E-state index in [2.05, 4.69) is 57.0 Å². The third-order valence-corrected chi connectivity index (χ3v) is 3.72. The molecule has 0 aliphatic heterocycles. The first kappa shape index (κ1) is 16.1. The Morgan fingerprint density at radius 3 is 2.16 bits per heavy atom. The van der Waals surface area contributed by atoms with Gasteiger partial charge in [0.1, 0.15) is 0 Å². The van der Waals surface area contributed by atoms with Crippen molar-refractivity contribution < 1.29 is 0 Å². The third-order valence-electron chi connectivity index (χ3n) is 3.49. The molecule has 0 radical (unpaired) electrons. The van der Waals surface area contributed by atoms with E-state index in [9.17, 15) is 0 Å². The summed E-state index contributed by atoms with van der Waals surface area (Å²) in [5.74, 6) is 0.551. The fraction of sp³-hybridized carbons (Fsp3) is 0.562. The highest BCUT2D eigenvalue weighted by Gasteiger charge is 2.19. The SMILES string of the molecule is CCCCN(C)C(C(N)=S)c1ccc(C(C)C)cc1. The van der Waals surface area contributed by atoms with Gasteiger partial charge in [-0.1, -0.05) is 63.7 Å². The molecule has 0 bridgehead atoms. The lowest BCUT2D eigenvalue weighted by Gasteiger charge is -2.27. The van der Waals surface area contributed by atoms with Crippen LogP contribution in [0.5, 0.6) is 0 Å². The predicted molar refractivity (Wildman–Crippen MR) is 87.6 cm³/mol. The smallest absolute Gasteiger partial charge is 0.0948 e. The van der Waals surface area contributed by atoms with Crippen LogP contribution in [0, 0.1) is 0 Å². The normalized spacial score (nSPS) is 12.9. The number of unbranched alkanes of at least 4 members (excludes halogenated alkanes) is 1. The molecule has 1 unspecified atom stereocenters. The summed E-state index contributed by atoms with van der Waals surface area (Å²) in [6.45, 7) is 7.62. The predicted octanol–water partition coefficient (Wildman–Crippen LogP) is 3.87. The highest BCUT2D eigenvalue weighted by Crippen LogP contribution is 2.23. The van der Waals surface area contributed by atoms with Gasteiger partial charge < -0.3 is 5.73 Å². The number of likely N-dealkylation sites (N-methyl/N-ethyl adjacent to an activating group) is 1. The van der Waals surface area contributed by atoms with Crippen molar-refractivity contribution in [2.45, 2.75) is 45.6 Å². The molecule has 0 fully saturated rings. The summed E-state index contributed by atoms with van der Waals surface area (Å²) >= 11 is 5.25. The van der Waals surface area contributed by atoms with Crippen molar-refractivity contribution in [1.29, 1.82) is 0 Å². The Bertz CT molecular complexity index is 398. The number of nitrogens with zero attached hydrogens (tertiary/aromatic N) is 1. The second-order valence-corrected chi connectivity index (χ2v) is 5.93. The zero-order valence-electron chi connectivity index (χ0n) is 12.5. The first-order valence-corrected chi connectivity index (χ1v) is 7.47. The topological polar surface area (TPSA) is 29.3 Å². The molecule has 1 aromatic carbocycles. The highest BCUT2D eigenvalue weighted by atomic mass is 32.1. The zero-order valence-corrected chi connectivity index (χ0v) is 13.3. The van der Waals surface area contributed by atoms with Gasteiger partial charge >= 0.3 is 0 Å². The van der Waals surface area contributed by atoms with E-state index in [4.69, 9.17) is 18.0 Å². The number of rotatable bonds is 7. The van der Waals surface area contributed by atoms with E-state index < -0.39 is 0 Å². The maximum atomic E-state index is 5.93. The van der Waals surface area contributed by atoms with Crippen LogP contribution >= 0.6 is 12.2 Å². The molecule has 0 spiro atoms. The molecule has 3 heteroatoms. The lowest BCUT2D eigenvalue weighted by molar-refractivity contribution is 0.296. The summed E-state index contributed by atoms with van der Waals surface area (Å²) in [5.41, 5.74) is 8.47. The van der Waals surface area contributed by atoms with Crippen LogP contribution < -0.4 is 5.73 Å². The molecular formula is C16H26N2S. The molecule has 2 N–H and O–H groups in total. The molecule has 1 aromatic rings. The van der Waals surface area contributed by atoms with Gasteiger partial charge in [-0.05, 0) is 37.1 Å². The fourth-order valence-corrected chi connectivity index (χ4v) is 2.55. The Labute approximate surface area is 123 Å². The molecule has 1 rings (SSSR count). The fourth-order valence-electron chi connectivity index (χ4n) is 2.24. The van der Waals surface area contributed by atoms with E-state index in [-0.39, 0.29) is 6.04 Å². The zero-order chi connectivity index (χ0) is 14.4. The lowest BCUT2D eigenvalue weighted by atomic mass is 9.98. The monoisotopic (exact) mass is 278 g/mol. The molecule has 0 aromatic heterocycles. The molecule has 0 aliphatic carbocycles. The van der Waals surface area contributed by atoms with Crippen molar-refractivity contribution in [2.24, 2.45) is 5.73 Å². The minimum Gasteiger partial charge on any atom is -0.392 e. The van der Waals surface area contributed by atoms with Gasteiger partial charge in [0.15, 0.2) is 0 Å². The Morgan fingerprint density at radius 1 is 1.21 bits per heavy atom. The van der Waals surface area contributed by atoms with Crippen molar-refractivity contribution in [1.82, 2.24) is 4.90 Å². The van der Waals surface area contributed by atoms with Gasteiger partial charge in [-0.25, -0.2) is 0 Å².